The number of carbonyl (C=O) groups excluding carboxylic acids is 1. The van der Waals surface area contributed by atoms with Gasteiger partial charge in [0.25, 0.3) is 5.91 Å². The fraction of sp³-hybridized carbons (Fsp3) is 0.263. The minimum absolute atomic E-state index is 0.0266. The van der Waals surface area contributed by atoms with Crippen molar-refractivity contribution in [2.75, 3.05) is 18.8 Å². The minimum Gasteiger partial charge on any atom is -0.338 e. The van der Waals surface area contributed by atoms with E-state index in [4.69, 9.17) is 0 Å². The fourth-order valence-corrected chi connectivity index (χ4v) is 5.11. The van der Waals surface area contributed by atoms with Crippen LogP contribution in [-0.2, 0) is 0 Å². The normalized spacial score (nSPS) is 18.1. The van der Waals surface area contributed by atoms with Gasteiger partial charge in [-0.3, -0.25) is 4.79 Å². The number of benzene rings is 2. The number of hydrogen-bond acceptors (Lipinski definition) is 4. The Labute approximate surface area is 158 Å². The Morgan fingerprint density at radius 2 is 2.04 bits per heavy atom. The second kappa shape index (κ2) is 7.32. The summed E-state index contributed by atoms with van der Waals surface area (Å²) in [5, 5.41) is -0.146. The molecule has 26 heavy (non-hydrogen) atoms. The van der Waals surface area contributed by atoms with Crippen molar-refractivity contribution < 1.29 is 13.6 Å². The largest absolute Gasteiger partial charge is 0.338 e. The molecule has 2 heterocycles. The van der Waals surface area contributed by atoms with Gasteiger partial charge in [0.2, 0.25) is 0 Å². The van der Waals surface area contributed by atoms with Crippen molar-refractivity contribution in [1.82, 2.24) is 9.88 Å². The lowest BCUT2D eigenvalue weighted by Crippen LogP contribution is -2.32. The molecule has 1 unspecified atom stereocenters. The number of thioether (sulfide) groups is 1. The molecule has 0 bridgehead atoms. The quantitative estimate of drug-likeness (QED) is 0.624. The van der Waals surface area contributed by atoms with Crippen LogP contribution >= 0.6 is 23.1 Å². The maximum atomic E-state index is 14.1. The van der Waals surface area contributed by atoms with Gasteiger partial charge in [0, 0.05) is 35.2 Å². The standard InChI is InChI=1S/C19H16F2N2OS2/c20-13-2-3-15(21)14(10-13)17-5-6-23(7-8-25-17)19(24)12-1-4-16-18(9-12)26-11-22-16/h1-4,9-11,17H,5-8H2. The Morgan fingerprint density at radius 1 is 1.15 bits per heavy atom. The van der Waals surface area contributed by atoms with Crippen LogP contribution in [0.2, 0.25) is 0 Å². The van der Waals surface area contributed by atoms with Crippen LogP contribution in [0.5, 0.6) is 0 Å². The molecule has 4 rings (SSSR count). The topological polar surface area (TPSA) is 33.2 Å². The van der Waals surface area contributed by atoms with E-state index >= 15 is 0 Å². The molecule has 0 radical (unpaired) electrons. The summed E-state index contributed by atoms with van der Waals surface area (Å²) in [5.74, 6) is -0.160. The zero-order valence-corrected chi connectivity index (χ0v) is 15.5. The Hall–Kier alpha value is -1.99. The van der Waals surface area contributed by atoms with E-state index in [-0.39, 0.29) is 17.0 Å². The van der Waals surface area contributed by atoms with E-state index in [1.807, 2.05) is 12.1 Å². The van der Waals surface area contributed by atoms with Crippen molar-refractivity contribution >= 4 is 39.2 Å². The highest BCUT2D eigenvalue weighted by Gasteiger charge is 2.25. The summed E-state index contributed by atoms with van der Waals surface area (Å²) >= 11 is 3.08. The number of halogens is 2. The average Bonchev–Trinajstić information content (AvgIpc) is 2.98. The molecule has 134 valence electrons. The van der Waals surface area contributed by atoms with Crippen LogP contribution in [0, 0.1) is 11.6 Å². The van der Waals surface area contributed by atoms with Gasteiger partial charge in [-0.15, -0.1) is 11.3 Å². The van der Waals surface area contributed by atoms with Gasteiger partial charge >= 0.3 is 0 Å². The molecule has 7 heteroatoms. The van der Waals surface area contributed by atoms with E-state index in [1.54, 1.807) is 28.2 Å². The van der Waals surface area contributed by atoms with Crippen molar-refractivity contribution in [2.24, 2.45) is 0 Å². The Kier molecular flexibility index (Phi) is 4.91. The highest BCUT2D eigenvalue weighted by atomic mass is 32.2. The van der Waals surface area contributed by atoms with Gasteiger partial charge < -0.3 is 4.90 Å². The third kappa shape index (κ3) is 3.46. The van der Waals surface area contributed by atoms with Crippen molar-refractivity contribution in [1.29, 1.82) is 0 Å². The van der Waals surface area contributed by atoms with Crippen LogP contribution in [0.1, 0.15) is 27.6 Å². The first kappa shape index (κ1) is 17.4. The van der Waals surface area contributed by atoms with E-state index in [2.05, 4.69) is 4.98 Å². The molecule has 3 nitrogen and oxygen atoms in total. The molecule has 1 atom stereocenters. The summed E-state index contributed by atoms with van der Waals surface area (Å²) < 4.78 is 28.5. The van der Waals surface area contributed by atoms with Crippen LogP contribution in [-0.4, -0.2) is 34.6 Å². The monoisotopic (exact) mass is 390 g/mol. The summed E-state index contributed by atoms with van der Waals surface area (Å²) in [6.45, 7) is 1.12. The van der Waals surface area contributed by atoms with Crippen molar-refractivity contribution in [2.45, 2.75) is 11.7 Å². The smallest absolute Gasteiger partial charge is 0.253 e. The lowest BCUT2D eigenvalue weighted by Gasteiger charge is -2.20. The maximum Gasteiger partial charge on any atom is 0.253 e. The molecule has 1 aliphatic rings. The Morgan fingerprint density at radius 3 is 2.92 bits per heavy atom. The first-order chi connectivity index (χ1) is 12.6. The summed E-state index contributed by atoms with van der Waals surface area (Å²) in [6, 6.07) is 9.09. The number of nitrogens with zero attached hydrogens (tertiary/aromatic N) is 2. The lowest BCUT2D eigenvalue weighted by molar-refractivity contribution is 0.0766. The van der Waals surface area contributed by atoms with E-state index in [0.29, 0.717) is 36.4 Å². The number of amides is 1. The van der Waals surface area contributed by atoms with Crippen molar-refractivity contribution in [3.63, 3.8) is 0 Å². The van der Waals surface area contributed by atoms with E-state index in [9.17, 15) is 13.6 Å². The van der Waals surface area contributed by atoms with Gasteiger partial charge in [-0.05, 0) is 42.8 Å². The predicted octanol–water partition coefficient (Wildman–Crippen LogP) is 4.89. The van der Waals surface area contributed by atoms with E-state index < -0.39 is 5.82 Å². The first-order valence-corrected chi connectivity index (χ1v) is 10.2. The summed E-state index contributed by atoms with van der Waals surface area (Å²) in [7, 11) is 0. The zero-order chi connectivity index (χ0) is 18.1. The second-order valence-corrected chi connectivity index (χ2v) is 8.34. The zero-order valence-electron chi connectivity index (χ0n) is 13.8. The Bertz CT molecular complexity index is 960. The molecule has 2 aromatic carbocycles. The second-order valence-electron chi connectivity index (χ2n) is 6.14. The predicted molar refractivity (Wildman–Crippen MR) is 102 cm³/mol. The highest BCUT2D eigenvalue weighted by Crippen LogP contribution is 2.36. The van der Waals surface area contributed by atoms with Gasteiger partial charge in [-0.2, -0.15) is 11.8 Å². The number of carbonyl (C=O) groups is 1. The molecule has 3 aromatic rings. The number of aromatic nitrogens is 1. The maximum absolute atomic E-state index is 14.1. The molecule has 1 aromatic heterocycles. The Balaban J connectivity index is 1.51. The van der Waals surface area contributed by atoms with Crippen LogP contribution in [0.4, 0.5) is 8.78 Å². The third-order valence-electron chi connectivity index (χ3n) is 4.51. The summed E-state index contributed by atoms with van der Waals surface area (Å²) in [4.78, 5) is 18.9. The summed E-state index contributed by atoms with van der Waals surface area (Å²) in [6.07, 6.45) is 0.597. The molecule has 1 amide bonds. The van der Waals surface area contributed by atoms with Crippen LogP contribution in [0.3, 0.4) is 0 Å². The SMILES string of the molecule is O=C(c1ccc2ncsc2c1)N1CCSC(c2cc(F)ccc2F)CC1. The fourth-order valence-electron chi connectivity index (χ4n) is 3.15. The minimum atomic E-state index is -0.433. The van der Waals surface area contributed by atoms with Gasteiger partial charge in [0.15, 0.2) is 0 Å². The van der Waals surface area contributed by atoms with E-state index in [1.165, 1.54) is 23.5 Å². The molecule has 1 saturated heterocycles. The van der Waals surface area contributed by atoms with Crippen molar-refractivity contribution in [3.8, 4) is 0 Å². The first-order valence-electron chi connectivity index (χ1n) is 8.31. The number of fused-ring (bicyclic) bond motifs is 1. The van der Waals surface area contributed by atoms with Crippen LogP contribution in [0.25, 0.3) is 10.2 Å². The lowest BCUT2D eigenvalue weighted by atomic mass is 10.1. The number of rotatable bonds is 2. The van der Waals surface area contributed by atoms with E-state index in [0.717, 1.165) is 16.3 Å². The molecule has 0 spiro atoms. The molecule has 0 saturated carbocycles. The van der Waals surface area contributed by atoms with Gasteiger partial charge in [-0.1, -0.05) is 0 Å². The van der Waals surface area contributed by atoms with Gasteiger partial charge in [0.1, 0.15) is 11.6 Å². The van der Waals surface area contributed by atoms with Gasteiger partial charge in [-0.25, -0.2) is 13.8 Å². The molecule has 0 aliphatic carbocycles. The number of thiazole rings is 1. The third-order valence-corrected chi connectivity index (χ3v) is 6.61. The highest BCUT2D eigenvalue weighted by molar-refractivity contribution is 7.99. The number of hydrogen-bond donors (Lipinski definition) is 0. The molecule has 1 fully saturated rings. The molecular formula is C19H16F2N2OS2. The average molecular weight is 390 g/mol. The van der Waals surface area contributed by atoms with Crippen molar-refractivity contribution in [3.05, 3.63) is 64.7 Å². The van der Waals surface area contributed by atoms with Gasteiger partial charge in [0.05, 0.1) is 15.7 Å². The molecule has 0 N–H and O–H groups in total. The molecular weight excluding hydrogens is 374 g/mol. The van der Waals surface area contributed by atoms with Crippen LogP contribution < -0.4 is 0 Å². The van der Waals surface area contributed by atoms with Crippen LogP contribution in [0.15, 0.2) is 41.9 Å². The molecule has 1 aliphatic heterocycles. The summed E-state index contributed by atoms with van der Waals surface area (Å²) in [5.41, 5.74) is 3.68.